The Kier molecular flexibility index (Phi) is 6.35. The van der Waals surface area contributed by atoms with Gasteiger partial charge < -0.3 is 20.1 Å². The summed E-state index contributed by atoms with van der Waals surface area (Å²) in [6.45, 7) is 3.16. The summed E-state index contributed by atoms with van der Waals surface area (Å²) in [6.07, 6.45) is 4.43. The van der Waals surface area contributed by atoms with Gasteiger partial charge in [0.05, 0.1) is 24.2 Å². The number of hydrogen-bond acceptors (Lipinski definition) is 5. The van der Waals surface area contributed by atoms with Crippen LogP contribution < -0.4 is 10.6 Å². The van der Waals surface area contributed by atoms with Crippen molar-refractivity contribution in [1.82, 2.24) is 4.98 Å². The molecule has 0 saturated carbocycles. The van der Waals surface area contributed by atoms with Gasteiger partial charge in [0.15, 0.2) is 0 Å². The Hall–Kier alpha value is -1.33. The maximum atomic E-state index is 5.73. The molecule has 17 heavy (non-hydrogen) atoms. The minimum Gasteiger partial charge on any atom is -0.397 e. The van der Waals surface area contributed by atoms with E-state index in [-0.39, 0.29) is 0 Å². The van der Waals surface area contributed by atoms with E-state index in [4.69, 9.17) is 15.2 Å². The monoisotopic (exact) mass is 239 g/mol. The summed E-state index contributed by atoms with van der Waals surface area (Å²) >= 11 is 0. The minimum atomic E-state index is 0.677. The average molecular weight is 239 g/mol. The van der Waals surface area contributed by atoms with Crippen LogP contribution in [-0.2, 0) is 9.47 Å². The zero-order valence-corrected chi connectivity index (χ0v) is 10.6. The van der Waals surface area contributed by atoms with Crippen LogP contribution in [0.1, 0.15) is 6.42 Å². The standard InChI is InChI=1S/C12H21N3O2/c1-16-6-3-4-15(5-7-17-2)12-8-11(13)9-14-10-12/h8-10H,3-7,13H2,1-2H3. The lowest BCUT2D eigenvalue weighted by Crippen LogP contribution is -2.29. The zero-order valence-electron chi connectivity index (χ0n) is 10.6. The lowest BCUT2D eigenvalue weighted by Gasteiger charge is -2.24. The summed E-state index contributed by atoms with van der Waals surface area (Å²) in [5, 5.41) is 0. The van der Waals surface area contributed by atoms with Crippen molar-refractivity contribution < 1.29 is 9.47 Å². The van der Waals surface area contributed by atoms with Crippen molar-refractivity contribution in [2.24, 2.45) is 0 Å². The first-order valence-corrected chi connectivity index (χ1v) is 5.71. The van der Waals surface area contributed by atoms with Crippen molar-refractivity contribution in [3.05, 3.63) is 18.5 Å². The molecule has 0 atom stereocenters. The Morgan fingerprint density at radius 2 is 1.94 bits per heavy atom. The van der Waals surface area contributed by atoms with E-state index >= 15 is 0 Å². The van der Waals surface area contributed by atoms with Crippen LogP contribution in [0.3, 0.4) is 0 Å². The first-order chi connectivity index (χ1) is 8.27. The van der Waals surface area contributed by atoms with Gasteiger partial charge in [0.1, 0.15) is 0 Å². The number of nitrogen functional groups attached to an aromatic ring is 1. The maximum Gasteiger partial charge on any atom is 0.0637 e. The lowest BCUT2D eigenvalue weighted by molar-refractivity contribution is 0.191. The van der Waals surface area contributed by atoms with Crippen molar-refractivity contribution in [2.45, 2.75) is 6.42 Å². The van der Waals surface area contributed by atoms with Crippen LogP contribution in [0.4, 0.5) is 11.4 Å². The van der Waals surface area contributed by atoms with Gasteiger partial charge in [0.2, 0.25) is 0 Å². The Morgan fingerprint density at radius 1 is 1.18 bits per heavy atom. The molecule has 0 radical (unpaired) electrons. The Labute approximate surface area is 103 Å². The van der Waals surface area contributed by atoms with Gasteiger partial charge in [-0.1, -0.05) is 0 Å². The molecule has 1 aromatic heterocycles. The summed E-state index contributed by atoms with van der Waals surface area (Å²) in [5.41, 5.74) is 7.44. The summed E-state index contributed by atoms with van der Waals surface area (Å²) in [4.78, 5) is 6.30. The van der Waals surface area contributed by atoms with Crippen LogP contribution in [0.15, 0.2) is 18.5 Å². The molecule has 1 aromatic rings. The largest absolute Gasteiger partial charge is 0.397 e. The minimum absolute atomic E-state index is 0.677. The second kappa shape index (κ2) is 7.86. The predicted molar refractivity (Wildman–Crippen MR) is 69.2 cm³/mol. The van der Waals surface area contributed by atoms with E-state index in [0.29, 0.717) is 12.3 Å². The number of hydrogen-bond donors (Lipinski definition) is 1. The SMILES string of the molecule is COCCCN(CCOC)c1cncc(N)c1. The first-order valence-electron chi connectivity index (χ1n) is 5.71. The number of pyridine rings is 1. The number of anilines is 2. The fourth-order valence-corrected chi connectivity index (χ4v) is 1.59. The van der Waals surface area contributed by atoms with Gasteiger partial charge in [-0.15, -0.1) is 0 Å². The molecule has 0 aromatic carbocycles. The second-order valence-corrected chi connectivity index (χ2v) is 3.80. The van der Waals surface area contributed by atoms with Crippen molar-refractivity contribution in [3.8, 4) is 0 Å². The quantitative estimate of drug-likeness (QED) is 0.690. The van der Waals surface area contributed by atoms with Crippen molar-refractivity contribution in [3.63, 3.8) is 0 Å². The molecule has 0 fully saturated rings. The normalized spacial score (nSPS) is 10.5. The van der Waals surface area contributed by atoms with E-state index in [1.165, 1.54) is 0 Å². The van der Waals surface area contributed by atoms with Crippen LogP contribution in [-0.4, -0.2) is 45.5 Å². The van der Waals surface area contributed by atoms with E-state index in [1.807, 2.05) is 12.3 Å². The Morgan fingerprint density at radius 3 is 2.59 bits per heavy atom. The number of ether oxygens (including phenoxy) is 2. The topological polar surface area (TPSA) is 60.6 Å². The first kappa shape index (κ1) is 13.7. The molecule has 0 saturated heterocycles. The molecule has 1 rings (SSSR count). The van der Waals surface area contributed by atoms with E-state index in [2.05, 4.69) is 9.88 Å². The summed E-state index contributed by atoms with van der Waals surface area (Å²) in [6, 6.07) is 1.93. The summed E-state index contributed by atoms with van der Waals surface area (Å²) < 4.78 is 10.2. The van der Waals surface area contributed by atoms with E-state index in [9.17, 15) is 0 Å². The number of methoxy groups -OCH3 is 2. The zero-order chi connectivity index (χ0) is 12.5. The number of rotatable bonds is 8. The molecule has 5 heteroatoms. The molecule has 5 nitrogen and oxygen atoms in total. The molecule has 2 N–H and O–H groups in total. The van der Waals surface area contributed by atoms with Gasteiger partial charge in [0, 0.05) is 40.1 Å². The molecule has 0 spiro atoms. The van der Waals surface area contributed by atoms with Gasteiger partial charge in [-0.05, 0) is 12.5 Å². The van der Waals surface area contributed by atoms with Gasteiger partial charge in [0.25, 0.3) is 0 Å². The summed E-state index contributed by atoms with van der Waals surface area (Å²) in [5.74, 6) is 0. The van der Waals surface area contributed by atoms with Gasteiger partial charge >= 0.3 is 0 Å². The molecule has 0 aliphatic carbocycles. The third kappa shape index (κ3) is 5.01. The number of nitrogens with zero attached hydrogens (tertiary/aromatic N) is 2. The molecule has 96 valence electrons. The van der Waals surface area contributed by atoms with Gasteiger partial charge in [-0.25, -0.2) is 0 Å². The van der Waals surface area contributed by atoms with Crippen LogP contribution in [0.5, 0.6) is 0 Å². The lowest BCUT2D eigenvalue weighted by atomic mass is 10.3. The highest BCUT2D eigenvalue weighted by Crippen LogP contribution is 2.15. The fraction of sp³-hybridized carbons (Fsp3) is 0.583. The Balaban J connectivity index is 2.60. The second-order valence-electron chi connectivity index (χ2n) is 3.80. The van der Waals surface area contributed by atoms with Crippen LogP contribution >= 0.6 is 0 Å². The van der Waals surface area contributed by atoms with E-state index < -0.39 is 0 Å². The predicted octanol–water partition coefficient (Wildman–Crippen LogP) is 1.15. The number of aromatic nitrogens is 1. The molecule has 0 amide bonds. The molecule has 0 aliphatic rings. The van der Waals surface area contributed by atoms with E-state index in [0.717, 1.165) is 31.8 Å². The fourth-order valence-electron chi connectivity index (χ4n) is 1.59. The van der Waals surface area contributed by atoms with Gasteiger partial charge in [-0.3, -0.25) is 4.98 Å². The van der Waals surface area contributed by atoms with Crippen molar-refractivity contribution in [1.29, 1.82) is 0 Å². The maximum absolute atomic E-state index is 5.73. The third-order valence-electron chi connectivity index (χ3n) is 2.45. The van der Waals surface area contributed by atoms with E-state index in [1.54, 1.807) is 20.4 Å². The molecule has 0 bridgehead atoms. The Bertz CT molecular complexity index is 320. The van der Waals surface area contributed by atoms with Crippen LogP contribution in [0.2, 0.25) is 0 Å². The molecular formula is C12H21N3O2. The summed E-state index contributed by atoms with van der Waals surface area (Å²) in [7, 11) is 3.41. The highest BCUT2D eigenvalue weighted by Gasteiger charge is 2.06. The molecular weight excluding hydrogens is 218 g/mol. The van der Waals surface area contributed by atoms with Crippen molar-refractivity contribution >= 4 is 11.4 Å². The third-order valence-corrected chi connectivity index (χ3v) is 2.45. The van der Waals surface area contributed by atoms with Crippen LogP contribution in [0.25, 0.3) is 0 Å². The molecule has 0 aliphatic heterocycles. The average Bonchev–Trinajstić information content (AvgIpc) is 2.33. The highest BCUT2D eigenvalue weighted by atomic mass is 16.5. The number of nitrogens with two attached hydrogens (primary N) is 1. The highest BCUT2D eigenvalue weighted by molar-refractivity contribution is 5.53. The van der Waals surface area contributed by atoms with Gasteiger partial charge in [-0.2, -0.15) is 0 Å². The van der Waals surface area contributed by atoms with Crippen molar-refractivity contribution in [2.75, 3.05) is 51.2 Å². The molecule has 1 heterocycles. The smallest absolute Gasteiger partial charge is 0.0637 e. The van der Waals surface area contributed by atoms with Crippen LogP contribution in [0, 0.1) is 0 Å². The molecule has 0 unspecified atom stereocenters.